The number of para-hydroxylation sites is 1. The number of carbonyl (C=O) groups excluding carboxylic acids is 2. The van der Waals surface area contributed by atoms with E-state index in [1.807, 2.05) is 6.92 Å². The Morgan fingerprint density at radius 2 is 1.71 bits per heavy atom. The number of rotatable bonds is 3. The molecule has 0 aliphatic carbocycles. The van der Waals surface area contributed by atoms with Gasteiger partial charge in [0.1, 0.15) is 0 Å². The SMILES string of the molecule is CNC(=O)c1ccccc1NC(=O)c1cc(N)ccc1C. The lowest BCUT2D eigenvalue weighted by Gasteiger charge is -2.11. The first kappa shape index (κ1) is 14.6. The predicted molar refractivity (Wildman–Crippen MR) is 83.4 cm³/mol. The Bertz CT molecular complexity index is 696. The molecule has 0 aromatic heterocycles. The summed E-state index contributed by atoms with van der Waals surface area (Å²) in [5.74, 6) is -0.550. The number of amides is 2. The average Bonchev–Trinajstić information content (AvgIpc) is 2.49. The number of hydrogen-bond acceptors (Lipinski definition) is 3. The first-order chi connectivity index (χ1) is 10.0. The van der Waals surface area contributed by atoms with Gasteiger partial charge in [0.15, 0.2) is 0 Å². The molecule has 0 saturated heterocycles. The number of carbonyl (C=O) groups is 2. The predicted octanol–water partition coefficient (Wildman–Crippen LogP) is 2.19. The summed E-state index contributed by atoms with van der Waals surface area (Å²) in [7, 11) is 1.54. The fourth-order valence-electron chi connectivity index (χ4n) is 2.00. The molecular formula is C16H17N3O2. The molecule has 21 heavy (non-hydrogen) atoms. The summed E-state index contributed by atoms with van der Waals surface area (Å²) in [4.78, 5) is 24.1. The van der Waals surface area contributed by atoms with Crippen LogP contribution in [-0.4, -0.2) is 18.9 Å². The Kier molecular flexibility index (Phi) is 4.23. The molecule has 2 amide bonds. The quantitative estimate of drug-likeness (QED) is 0.755. The van der Waals surface area contributed by atoms with E-state index in [1.54, 1.807) is 49.5 Å². The van der Waals surface area contributed by atoms with Gasteiger partial charge in [0.25, 0.3) is 11.8 Å². The monoisotopic (exact) mass is 283 g/mol. The average molecular weight is 283 g/mol. The fourth-order valence-corrected chi connectivity index (χ4v) is 2.00. The fraction of sp³-hybridized carbons (Fsp3) is 0.125. The molecule has 0 spiro atoms. The van der Waals surface area contributed by atoms with Gasteiger partial charge in [0.05, 0.1) is 11.3 Å². The normalized spacial score (nSPS) is 10.0. The standard InChI is InChI=1S/C16H17N3O2/c1-10-7-8-11(17)9-13(10)16(21)19-14-6-4-3-5-12(14)15(20)18-2/h3-9H,17H2,1-2H3,(H,18,20)(H,19,21). The molecule has 0 aliphatic rings. The molecule has 0 bridgehead atoms. The largest absolute Gasteiger partial charge is 0.399 e. The van der Waals surface area contributed by atoms with Crippen molar-refractivity contribution in [3.8, 4) is 0 Å². The van der Waals surface area contributed by atoms with Crippen LogP contribution >= 0.6 is 0 Å². The van der Waals surface area contributed by atoms with Crippen LogP contribution < -0.4 is 16.4 Å². The van der Waals surface area contributed by atoms with Crippen LogP contribution in [0, 0.1) is 6.92 Å². The molecular weight excluding hydrogens is 266 g/mol. The molecule has 5 heteroatoms. The molecule has 5 nitrogen and oxygen atoms in total. The van der Waals surface area contributed by atoms with Gasteiger partial charge < -0.3 is 16.4 Å². The third kappa shape index (κ3) is 3.20. The Labute approximate surface area is 123 Å². The number of nitrogens with one attached hydrogen (secondary N) is 2. The smallest absolute Gasteiger partial charge is 0.256 e. The van der Waals surface area contributed by atoms with Crippen molar-refractivity contribution in [2.75, 3.05) is 18.1 Å². The van der Waals surface area contributed by atoms with Gasteiger partial charge in [0.2, 0.25) is 0 Å². The summed E-state index contributed by atoms with van der Waals surface area (Å²) in [5.41, 5.74) is 8.41. The summed E-state index contributed by atoms with van der Waals surface area (Å²) in [5, 5.41) is 5.30. The van der Waals surface area contributed by atoms with Crippen molar-refractivity contribution < 1.29 is 9.59 Å². The summed E-state index contributed by atoms with van der Waals surface area (Å²) in [6.07, 6.45) is 0. The van der Waals surface area contributed by atoms with E-state index in [-0.39, 0.29) is 11.8 Å². The third-order valence-electron chi connectivity index (χ3n) is 3.15. The molecule has 0 unspecified atom stereocenters. The molecule has 4 N–H and O–H groups in total. The van der Waals surface area contributed by atoms with Crippen molar-refractivity contribution in [1.82, 2.24) is 5.32 Å². The van der Waals surface area contributed by atoms with E-state index in [9.17, 15) is 9.59 Å². The molecule has 0 saturated carbocycles. The second-order valence-corrected chi connectivity index (χ2v) is 4.65. The first-order valence-electron chi connectivity index (χ1n) is 6.51. The highest BCUT2D eigenvalue weighted by molar-refractivity contribution is 6.09. The van der Waals surface area contributed by atoms with Crippen LogP contribution in [0.25, 0.3) is 0 Å². The van der Waals surface area contributed by atoms with Crippen molar-refractivity contribution in [3.05, 3.63) is 59.2 Å². The highest BCUT2D eigenvalue weighted by Crippen LogP contribution is 2.18. The van der Waals surface area contributed by atoms with Crippen LogP contribution in [0.15, 0.2) is 42.5 Å². The maximum absolute atomic E-state index is 12.4. The Balaban J connectivity index is 2.32. The van der Waals surface area contributed by atoms with Gasteiger partial charge in [-0.3, -0.25) is 9.59 Å². The minimum absolute atomic E-state index is 0.254. The van der Waals surface area contributed by atoms with Crippen LogP contribution in [-0.2, 0) is 0 Å². The number of anilines is 2. The van der Waals surface area contributed by atoms with Gasteiger partial charge in [-0.25, -0.2) is 0 Å². The zero-order valence-corrected chi connectivity index (χ0v) is 11.9. The second-order valence-electron chi connectivity index (χ2n) is 4.65. The van der Waals surface area contributed by atoms with Crippen molar-refractivity contribution in [2.45, 2.75) is 6.92 Å². The maximum atomic E-state index is 12.4. The first-order valence-corrected chi connectivity index (χ1v) is 6.51. The Hall–Kier alpha value is -2.82. The van der Waals surface area contributed by atoms with Crippen LogP contribution in [0.4, 0.5) is 11.4 Å². The molecule has 2 aromatic carbocycles. The summed E-state index contributed by atoms with van der Waals surface area (Å²) >= 11 is 0. The van der Waals surface area contributed by atoms with E-state index in [0.29, 0.717) is 22.5 Å². The highest BCUT2D eigenvalue weighted by atomic mass is 16.2. The lowest BCUT2D eigenvalue weighted by Crippen LogP contribution is -2.21. The van der Waals surface area contributed by atoms with Crippen molar-refractivity contribution >= 4 is 23.2 Å². The molecule has 0 aliphatic heterocycles. The molecule has 0 heterocycles. The van der Waals surface area contributed by atoms with E-state index in [2.05, 4.69) is 10.6 Å². The van der Waals surface area contributed by atoms with E-state index in [0.717, 1.165) is 5.56 Å². The van der Waals surface area contributed by atoms with Crippen LogP contribution in [0.1, 0.15) is 26.3 Å². The molecule has 0 fully saturated rings. The minimum atomic E-state index is -0.295. The van der Waals surface area contributed by atoms with Gasteiger partial charge >= 0.3 is 0 Å². The summed E-state index contributed by atoms with van der Waals surface area (Å²) in [6, 6.07) is 12.0. The molecule has 0 atom stereocenters. The second kappa shape index (κ2) is 6.09. The Morgan fingerprint density at radius 3 is 2.43 bits per heavy atom. The lowest BCUT2D eigenvalue weighted by atomic mass is 10.1. The van der Waals surface area contributed by atoms with Crippen molar-refractivity contribution in [1.29, 1.82) is 0 Å². The number of aryl methyl sites for hydroxylation is 1. The molecule has 2 aromatic rings. The van der Waals surface area contributed by atoms with Crippen LogP contribution in [0.5, 0.6) is 0 Å². The molecule has 108 valence electrons. The van der Waals surface area contributed by atoms with Crippen LogP contribution in [0.2, 0.25) is 0 Å². The summed E-state index contributed by atoms with van der Waals surface area (Å²) in [6.45, 7) is 1.83. The molecule has 0 radical (unpaired) electrons. The zero-order valence-electron chi connectivity index (χ0n) is 11.9. The van der Waals surface area contributed by atoms with E-state index < -0.39 is 0 Å². The van der Waals surface area contributed by atoms with Gasteiger partial charge in [0, 0.05) is 18.3 Å². The number of hydrogen-bond donors (Lipinski definition) is 3. The maximum Gasteiger partial charge on any atom is 0.256 e. The van der Waals surface area contributed by atoms with Crippen molar-refractivity contribution in [2.24, 2.45) is 0 Å². The highest BCUT2D eigenvalue weighted by Gasteiger charge is 2.14. The molecule has 2 rings (SSSR count). The van der Waals surface area contributed by atoms with Gasteiger partial charge in [-0.2, -0.15) is 0 Å². The van der Waals surface area contributed by atoms with E-state index in [4.69, 9.17) is 5.73 Å². The summed E-state index contributed by atoms with van der Waals surface area (Å²) < 4.78 is 0. The number of nitrogen functional groups attached to an aromatic ring is 1. The van der Waals surface area contributed by atoms with E-state index >= 15 is 0 Å². The lowest BCUT2D eigenvalue weighted by molar-refractivity contribution is 0.0964. The topological polar surface area (TPSA) is 84.2 Å². The third-order valence-corrected chi connectivity index (χ3v) is 3.15. The number of nitrogens with two attached hydrogens (primary N) is 1. The minimum Gasteiger partial charge on any atom is -0.399 e. The van der Waals surface area contributed by atoms with Crippen LogP contribution in [0.3, 0.4) is 0 Å². The van der Waals surface area contributed by atoms with Crippen molar-refractivity contribution in [3.63, 3.8) is 0 Å². The van der Waals surface area contributed by atoms with Gasteiger partial charge in [-0.1, -0.05) is 18.2 Å². The van der Waals surface area contributed by atoms with Gasteiger partial charge in [-0.15, -0.1) is 0 Å². The van der Waals surface area contributed by atoms with E-state index in [1.165, 1.54) is 0 Å². The van der Waals surface area contributed by atoms with Gasteiger partial charge in [-0.05, 0) is 36.8 Å². The number of benzene rings is 2. The zero-order chi connectivity index (χ0) is 15.4. The Morgan fingerprint density at radius 1 is 1.00 bits per heavy atom.